The Labute approximate surface area is 112 Å². The van der Waals surface area contributed by atoms with Crippen molar-refractivity contribution >= 4 is 5.91 Å². The van der Waals surface area contributed by atoms with Crippen LogP contribution in [0.4, 0.5) is 0 Å². The number of carbonyl (C=O) groups is 1. The summed E-state index contributed by atoms with van der Waals surface area (Å²) in [5.41, 5.74) is 5.89. The highest BCUT2D eigenvalue weighted by molar-refractivity contribution is 5.80. The molecule has 19 heavy (non-hydrogen) atoms. The third kappa shape index (κ3) is 2.94. The molecular formula is C14H20N2O3. The van der Waals surface area contributed by atoms with Gasteiger partial charge in [0.15, 0.2) is 0 Å². The summed E-state index contributed by atoms with van der Waals surface area (Å²) < 4.78 is 5.20. The number of ether oxygens (including phenoxy) is 1. The van der Waals surface area contributed by atoms with Crippen LogP contribution in [0.1, 0.15) is 12.5 Å². The second-order valence-electron chi connectivity index (χ2n) is 5.15. The first kappa shape index (κ1) is 14.0. The number of carbonyl (C=O) groups excluding carboxylic acids is 1. The minimum atomic E-state index is -0.805. The van der Waals surface area contributed by atoms with Crippen molar-refractivity contribution in [2.45, 2.75) is 18.5 Å². The van der Waals surface area contributed by atoms with E-state index in [2.05, 4.69) is 5.32 Å². The zero-order valence-electron chi connectivity index (χ0n) is 11.0. The van der Waals surface area contributed by atoms with Gasteiger partial charge < -0.3 is 20.9 Å². The summed E-state index contributed by atoms with van der Waals surface area (Å²) in [7, 11) is 0. The maximum atomic E-state index is 12.2. The Kier molecular flexibility index (Phi) is 4.19. The highest BCUT2D eigenvalue weighted by Gasteiger charge is 2.36. The van der Waals surface area contributed by atoms with Crippen molar-refractivity contribution in [3.05, 3.63) is 35.9 Å². The second-order valence-corrected chi connectivity index (χ2v) is 5.15. The Morgan fingerprint density at radius 2 is 2.16 bits per heavy atom. The maximum absolute atomic E-state index is 12.2. The molecule has 1 aromatic rings. The van der Waals surface area contributed by atoms with Gasteiger partial charge in [0.1, 0.15) is 0 Å². The molecule has 0 aliphatic carbocycles. The van der Waals surface area contributed by atoms with E-state index >= 15 is 0 Å². The van der Waals surface area contributed by atoms with Crippen molar-refractivity contribution in [2.75, 3.05) is 19.8 Å². The lowest BCUT2D eigenvalue weighted by atomic mass is 9.91. The quantitative estimate of drug-likeness (QED) is 0.714. The van der Waals surface area contributed by atoms with Gasteiger partial charge in [-0.15, -0.1) is 0 Å². The van der Waals surface area contributed by atoms with E-state index in [1.54, 1.807) is 6.92 Å². The van der Waals surface area contributed by atoms with Crippen LogP contribution < -0.4 is 11.1 Å². The Bertz CT molecular complexity index is 438. The fourth-order valence-electron chi connectivity index (χ4n) is 2.21. The van der Waals surface area contributed by atoms with Crippen LogP contribution in [0, 0.1) is 5.92 Å². The number of amides is 1. The van der Waals surface area contributed by atoms with E-state index in [0.29, 0.717) is 13.2 Å². The summed E-state index contributed by atoms with van der Waals surface area (Å²) in [6.45, 7) is 2.36. The number of nitrogens with one attached hydrogen (secondary N) is 1. The van der Waals surface area contributed by atoms with Crippen molar-refractivity contribution < 1.29 is 14.6 Å². The monoisotopic (exact) mass is 264 g/mol. The smallest absolute Gasteiger partial charge is 0.227 e. The van der Waals surface area contributed by atoms with Crippen LogP contribution in [0.2, 0.25) is 0 Å². The van der Waals surface area contributed by atoms with Gasteiger partial charge in [0.05, 0.1) is 31.3 Å². The summed E-state index contributed by atoms with van der Waals surface area (Å²) >= 11 is 0. The molecule has 1 aliphatic heterocycles. The Hall–Kier alpha value is -1.43. The van der Waals surface area contributed by atoms with E-state index < -0.39 is 5.54 Å². The summed E-state index contributed by atoms with van der Waals surface area (Å²) in [5, 5.41) is 12.5. The topological polar surface area (TPSA) is 84.6 Å². The first-order valence-electron chi connectivity index (χ1n) is 6.38. The average molecular weight is 264 g/mol. The number of aliphatic hydroxyl groups excluding tert-OH is 1. The minimum absolute atomic E-state index is 0.175. The molecular weight excluding hydrogens is 244 g/mol. The molecule has 104 valence electrons. The summed E-state index contributed by atoms with van der Waals surface area (Å²) in [6, 6.07) is 9.12. The molecule has 5 nitrogen and oxygen atoms in total. The molecule has 1 aliphatic rings. The molecule has 0 saturated carbocycles. The lowest BCUT2D eigenvalue weighted by Crippen LogP contribution is -2.51. The van der Waals surface area contributed by atoms with E-state index in [-0.39, 0.29) is 24.5 Å². The first-order chi connectivity index (χ1) is 9.07. The van der Waals surface area contributed by atoms with Gasteiger partial charge in [-0.1, -0.05) is 30.3 Å². The van der Waals surface area contributed by atoms with E-state index in [1.807, 2.05) is 30.3 Å². The second kappa shape index (κ2) is 5.69. The molecule has 1 saturated heterocycles. The van der Waals surface area contributed by atoms with Gasteiger partial charge in [0.2, 0.25) is 5.91 Å². The maximum Gasteiger partial charge on any atom is 0.227 e. The molecule has 0 aromatic heterocycles. The highest BCUT2D eigenvalue weighted by atomic mass is 16.5. The number of hydrogen-bond donors (Lipinski definition) is 3. The van der Waals surface area contributed by atoms with Crippen LogP contribution in [0.3, 0.4) is 0 Å². The van der Waals surface area contributed by atoms with Gasteiger partial charge in [-0.2, -0.15) is 0 Å². The van der Waals surface area contributed by atoms with Crippen LogP contribution in [0.15, 0.2) is 30.3 Å². The molecule has 1 fully saturated rings. The fraction of sp³-hybridized carbons (Fsp3) is 0.500. The molecule has 1 aromatic carbocycles. The number of hydrogen-bond acceptors (Lipinski definition) is 4. The van der Waals surface area contributed by atoms with Crippen molar-refractivity contribution in [2.24, 2.45) is 11.7 Å². The number of benzene rings is 1. The average Bonchev–Trinajstić information content (AvgIpc) is 2.86. The SMILES string of the molecule is CC(CO)(NC(=O)C1COCC1N)c1ccccc1. The normalized spacial score (nSPS) is 25.8. The fourth-order valence-corrected chi connectivity index (χ4v) is 2.21. The Morgan fingerprint density at radius 3 is 2.68 bits per heavy atom. The van der Waals surface area contributed by atoms with Crippen molar-refractivity contribution in [3.63, 3.8) is 0 Å². The van der Waals surface area contributed by atoms with Gasteiger partial charge >= 0.3 is 0 Å². The largest absolute Gasteiger partial charge is 0.394 e. The summed E-state index contributed by atoms with van der Waals surface area (Å²) in [5.74, 6) is -0.528. The van der Waals surface area contributed by atoms with Gasteiger partial charge in [-0.25, -0.2) is 0 Å². The molecule has 0 bridgehead atoms. The zero-order chi connectivity index (χ0) is 13.9. The molecule has 1 heterocycles. The molecule has 3 unspecified atom stereocenters. The van der Waals surface area contributed by atoms with Gasteiger partial charge in [0.25, 0.3) is 0 Å². The molecule has 5 heteroatoms. The summed E-state index contributed by atoms with van der Waals surface area (Å²) in [6.07, 6.45) is 0. The van der Waals surface area contributed by atoms with Crippen molar-refractivity contribution in [1.29, 1.82) is 0 Å². The van der Waals surface area contributed by atoms with Crippen LogP contribution in [-0.4, -0.2) is 36.9 Å². The third-order valence-corrected chi connectivity index (χ3v) is 3.59. The van der Waals surface area contributed by atoms with E-state index in [1.165, 1.54) is 0 Å². The minimum Gasteiger partial charge on any atom is -0.394 e. The zero-order valence-corrected chi connectivity index (χ0v) is 11.0. The third-order valence-electron chi connectivity index (χ3n) is 3.59. The van der Waals surface area contributed by atoms with Crippen LogP contribution in [-0.2, 0) is 15.1 Å². The molecule has 4 N–H and O–H groups in total. The van der Waals surface area contributed by atoms with Crippen LogP contribution in [0.25, 0.3) is 0 Å². The molecule has 1 amide bonds. The molecule has 3 atom stereocenters. The molecule has 0 radical (unpaired) electrons. The van der Waals surface area contributed by atoms with E-state index in [0.717, 1.165) is 5.56 Å². The van der Waals surface area contributed by atoms with E-state index in [4.69, 9.17) is 10.5 Å². The van der Waals surface area contributed by atoms with Gasteiger partial charge in [-0.3, -0.25) is 4.79 Å². The highest BCUT2D eigenvalue weighted by Crippen LogP contribution is 2.22. The first-order valence-corrected chi connectivity index (χ1v) is 6.38. The predicted octanol–water partition coefficient (Wildman–Crippen LogP) is -0.0160. The van der Waals surface area contributed by atoms with Crippen molar-refractivity contribution in [3.8, 4) is 0 Å². The Morgan fingerprint density at radius 1 is 1.47 bits per heavy atom. The number of nitrogens with two attached hydrogens (primary N) is 1. The number of rotatable bonds is 4. The molecule has 2 rings (SSSR count). The van der Waals surface area contributed by atoms with Crippen LogP contribution in [0.5, 0.6) is 0 Å². The van der Waals surface area contributed by atoms with E-state index in [9.17, 15) is 9.90 Å². The summed E-state index contributed by atoms with van der Waals surface area (Å²) in [4.78, 5) is 12.2. The van der Waals surface area contributed by atoms with Crippen LogP contribution >= 0.6 is 0 Å². The van der Waals surface area contributed by atoms with Gasteiger partial charge in [-0.05, 0) is 12.5 Å². The molecule has 0 spiro atoms. The number of aliphatic hydroxyl groups is 1. The lowest BCUT2D eigenvalue weighted by Gasteiger charge is -2.31. The predicted molar refractivity (Wildman–Crippen MR) is 71.3 cm³/mol. The Balaban J connectivity index is 2.12. The lowest BCUT2D eigenvalue weighted by molar-refractivity contribution is -0.127. The van der Waals surface area contributed by atoms with Gasteiger partial charge in [0, 0.05) is 6.04 Å². The van der Waals surface area contributed by atoms with Crippen molar-refractivity contribution in [1.82, 2.24) is 5.32 Å². The standard InChI is InChI=1S/C14H20N2O3/c1-14(9-17,10-5-3-2-4-6-10)16-13(18)11-7-19-8-12(11)15/h2-6,11-12,17H,7-9,15H2,1H3,(H,16,18).